The molecular weight excluding hydrogens is 161 g/mol. The third-order valence-corrected chi connectivity index (χ3v) is 0. The first-order valence-corrected chi connectivity index (χ1v) is 1.07. The molecule has 0 fully saturated rings. The predicted octanol–water partition coefficient (Wildman–Crippen LogP) is 2.15. The number of alkyl halides is 3. The Hall–Kier alpha value is 0.270. The first kappa shape index (κ1) is 9.55. The van der Waals surface area contributed by atoms with E-state index in [1.807, 2.05) is 0 Å². The molecule has 0 saturated heterocycles. The van der Waals surface area contributed by atoms with E-state index in [4.69, 9.17) is 0 Å². The third-order valence-electron chi connectivity index (χ3n) is 0. The van der Waals surface area contributed by atoms with Crippen LogP contribution in [0.2, 0.25) is 0 Å². The molecule has 0 saturated carbocycles. The van der Waals surface area contributed by atoms with Crippen LogP contribution in [-0.4, -0.2) is 6.18 Å². The maximum atomic E-state index is 10.4. The van der Waals surface area contributed by atoms with Crippen LogP contribution in [0.5, 0.6) is 0 Å². The summed E-state index contributed by atoms with van der Waals surface area (Å²) in [6.45, 7) is 0.188. The van der Waals surface area contributed by atoms with E-state index in [0.717, 1.165) is 0 Å². The second kappa shape index (κ2) is 2.44. The van der Waals surface area contributed by atoms with Crippen LogP contribution in [0.25, 0.3) is 0 Å². The Morgan fingerprint density at radius 2 is 1.17 bits per heavy atom. The number of halogens is 4. The highest BCUT2D eigenvalue weighted by Gasteiger charge is 2.15. The lowest BCUT2D eigenvalue weighted by atomic mass is 10.8. The van der Waals surface area contributed by atoms with Crippen LogP contribution in [0.4, 0.5) is 13.2 Å². The van der Waals surface area contributed by atoms with Gasteiger partial charge in [0.1, 0.15) is 0 Å². The quantitative estimate of drug-likeness (QED) is 0.515. The van der Waals surface area contributed by atoms with Crippen LogP contribution in [0, 0.1) is 0 Å². The molecule has 0 aromatic heterocycles. The van der Waals surface area contributed by atoms with Gasteiger partial charge in [-0.1, -0.05) is 0 Å². The second-order valence-electron chi connectivity index (χ2n) is 0.781. The minimum absolute atomic E-state index is 0. The minimum atomic E-state index is -4.00. The smallest absolute Gasteiger partial charge is 0.172 e. The number of hydrogen-bond acceptors (Lipinski definition) is 0. The van der Waals surface area contributed by atoms with Crippen LogP contribution in [0.1, 0.15) is 6.92 Å². The fourth-order valence-electron chi connectivity index (χ4n) is 0. The first-order valence-electron chi connectivity index (χ1n) is 1.07. The van der Waals surface area contributed by atoms with E-state index in [9.17, 15) is 13.2 Å². The largest absolute Gasteiger partial charge is 0.386 e. The van der Waals surface area contributed by atoms with Crippen molar-refractivity contribution >= 4 is 17.0 Å². The SMILES string of the molecule is Br.CC(F)(F)F. The summed E-state index contributed by atoms with van der Waals surface area (Å²) in [4.78, 5) is 0. The molecule has 0 radical (unpaired) electrons. The lowest BCUT2D eigenvalue weighted by Crippen LogP contribution is -1.95. The predicted molar refractivity (Wildman–Crippen MR) is 22.1 cm³/mol. The zero-order chi connectivity index (χ0) is 4.50. The monoisotopic (exact) mass is 164 g/mol. The van der Waals surface area contributed by atoms with E-state index >= 15 is 0 Å². The maximum absolute atomic E-state index is 10.4. The number of rotatable bonds is 0. The highest BCUT2D eigenvalue weighted by Crippen LogP contribution is 2.10. The molecule has 4 heteroatoms. The molecule has 0 aliphatic carbocycles. The Morgan fingerprint density at radius 1 is 1.17 bits per heavy atom. The molecule has 0 amide bonds. The third kappa shape index (κ3) is 626. The molecule has 0 heterocycles. The van der Waals surface area contributed by atoms with Gasteiger partial charge in [-0.3, -0.25) is 0 Å². The summed E-state index contributed by atoms with van der Waals surface area (Å²) < 4.78 is 31.1. The van der Waals surface area contributed by atoms with Crippen molar-refractivity contribution in [3.63, 3.8) is 0 Å². The second-order valence-corrected chi connectivity index (χ2v) is 0.781. The van der Waals surface area contributed by atoms with Crippen LogP contribution in [0.3, 0.4) is 0 Å². The normalized spacial score (nSPS) is 10.0. The van der Waals surface area contributed by atoms with E-state index in [2.05, 4.69) is 0 Å². The van der Waals surface area contributed by atoms with Crippen molar-refractivity contribution in [2.75, 3.05) is 0 Å². The molecule has 0 atom stereocenters. The Labute approximate surface area is 44.1 Å². The summed E-state index contributed by atoms with van der Waals surface area (Å²) in [6.07, 6.45) is -4.00. The van der Waals surface area contributed by atoms with Gasteiger partial charge in [0, 0.05) is 6.92 Å². The van der Waals surface area contributed by atoms with E-state index in [0.29, 0.717) is 0 Å². The molecule has 0 aliphatic rings. The first-order chi connectivity index (χ1) is 2.00. The van der Waals surface area contributed by atoms with Gasteiger partial charge in [-0.2, -0.15) is 13.2 Å². The molecule has 0 unspecified atom stereocenters. The molecule has 0 N–H and O–H groups in total. The van der Waals surface area contributed by atoms with Crippen molar-refractivity contribution < 1.29 is 13.2 Å². The Kier molecular flexibility index (Phi) is 3.89. The summed E-state index contributed by atoms with van der Waals surface area (Å²) in [5, 5.41) is 0. The Morgan fingerprint density at radius 3 is 1.17 bits per heavy atom. The zero-order valence-electron chi connectivity index (χ0n) is 3.04. The van der Waals surface area contributed by atoms with Crippen LogP contribution >= 0.6 is 17.0 Å². The van der Waals surface area contributed by atoms with Gasteiger partial charge in [-0.25, -0.2) is 0 Å². The molecule has 0 aromatic rings. The summed E-state index contributed by atoms with van der Waals surface area (Å²) >= 11 is 0. The zero-order valence-corrected chi connectivity index (χ0v) is 4.76. The van der Waals surface area contributed by atoms with Gasteiger partial charge in [-0.05, 0) is 0 Å². The minimum Gasteiger partial charge on any atom is -0.172 e. The van der Waals surface area contributed by atoms with Gasteiger partial charge in [0.25, 0.3) is 0 Å². The molecule has 0 nitrogen and oxygen atoms in total. The van der Waals surface area contributed by atoms with Crippen molar-refractivity contribution in [1.82, 2.24) is 0 Å². The molecule has 40 valence electrons. The fourth-order valence-corrected chi connectivity index (χ4v) is 0. The van der Waals surface area contributed by atoms with Gasteiger partial charge in [0.05, 0.1) is 0 Å². The van der Waals surface area contributed by atoms with E-state index < -0.39 is 6.18 Å². The molecule has 0 spiro atoms. The summed E-state index contributed by atoms with van der Waals surface area (Å²) in [5.74, 6) is 0. The highest BCUT2D eigenvalue weighted by molar-refractivity contribution is 8.93. The van der Waals surface area contributed by atoms with Crippen molar-refractivity contribution in [1.29, 1.82) is 0 Å². The van der Waals surface area contributed by atoms with Crippen molar-refractivity contribution in [3.05, 3.63) is 0 Å². The molecule has 0 bridgehead atoms. The average Bonchev–Trinajstić information content (AvgIpc) is 0.722. The van der Waals surface area contributed by atoms with Crippen LogP contribution in [-0.2, 0) is 0 Å². The average molecular weight is 165 g/mol. The fraction of sp³-hybridized carbons (Fsp3) is 1.00. The lowest BCUT2D eigenvalue weighted by molar-refractivity contribution is -0.110. The summed E-state index contributed by atoms with van der Waals surface area (Å²) in [5.41, 5.74) is 0. The van der Waals surface area contributed by atoms with E-state index in [1.165, 1.54) is 0 Å². The Bertz CT molecular complexity index is 24.3. The molecule has 6 heavy (non-hydrogen) atoms. The van der Waals surface area contributed by atoms with Crippen molar-refractivity contribution in [3.8, 4) is 0 Å². The van der Waals surface area contributed by atoms with Gasteiger partial charge in [-0.15, -0.1) is 17.0 Å². The van der Waals surface area contributed by atoms with Gasteiger partial charge >= 0.3 is 6.18 Å². The van der Waals surface area contributed by atoms with Gasteiger partial charge in [0.2, 0.25) is 0 Å². The lowest BCUT2D eigenvalue weighted by Gasteiger charge is -1.88. The maximum Gasteiger partial charge on any atom is 0.386 e. The Balaban J connectivity index is 0. The standard InChI is InChI=1S/C2H3F3.BrH/c1-2(3,4)5;/h1H3;1H. The van der Waals surface area contributed by atoms with Crippen LogP contribution in [0.15, 0.2) is 0 Å². The van der Waals surface area contributed by atoms with E-state index in [1.54, 1.807) is 0 Å². The van der Waals surface area contributed by atoms with Gasteiger partial charge in [0.15, 0.2) is 0 Å². The molecule has 0 aliphatic heterocycles. The van der Waals surface area contributed by atoms with Crippen LogP contribution < -0.4 is 0 Å². The topological polar surface area (TPSA) is 0 Å². The highest BCUT2D eigenvalue weighted by atomic mass is 79.9. The van der Waals surface area contributed by atoms with Gasteiger partial charge < -0.3 is 0 Å². The van der Waals surface area contributed by atoms with Crippen molar-refractivity contribution in [2.45, 2.75) is 13.1 Å². The summed E-state index contributed by atoms with van der Waals surface area (Å²) in [7, 11) is 0. The molecular formula is C2H4BrF3. The van der Waals surface area contributed by atoms with E-state index in [-0.39, 0.29) is 23.9 Å². The summed E-state index contributed by atoms with van der Waals surface area (Å²) in [6, 6.07) is 0. The molecule has 0 aromatic carbocycles. The molecule has 0 rings (SSSR count). The number of hydrogen-bond donors (Lipinski definition) is 0. The van der Waals surface area contributed by atoms with Crippen molar-refractivity contribution in [2.24, 2.45) is 0 Å².